The molecule has 1 aliphatic rings. The third kappa shape index (κ3) is 5.69. The van der Waals surface area contributed by atoms with Crippen LogP contribution in [0.1, 0.15) is 149 Å². The molecular weight excluding hydrogens is 416 g/mol. The van der Waals surface area contributed by atoms with Gasteiger partial charge < -0.3 is 0 Å². The Morgan fingerprint density at radius 3 is 1.68 bits per heavy atom. The van der Waals surface area contributed by atoms with E-state index in [-0.39, 0.29) is 21.7 Å². The highest BCUT2D eigenvalue weighted by Crippen LogP contribution is 2.56. The van der Waals surface area contributed by atoms with Crippen molar-refractivity contribution in [2.75, 3.05) is 0 Å². The maximum absolute atomic E-state index is 5.10. The molecule has 0 aromatic carbocycles. The molecular formula is C30H48N4. The fraction of sp³-hybridized carbons (Fsp3) is 0.733. The monoisotopic (exact) mass is 464 g/mol. The Morgan fingerprint density at radius 2 is 1.24 bits per heavy atom. The Balaban J connectivity index is 1.90. The number of aromatic nitrogens is 4. The van der Waals surface area contributed by atoms with Gasteiger partial charge in [0.25, 0.3) is 0 Å². The van der Waals surface area contributed by atoms with Crippen molar-refractivity contribution in [2.24, 2.45) is 5.92 Å². The lowest BCUT2D eigenvalue weighted by atomic mass is 9.86. The first-order chi connectivity index (χ1) is 15.3. The second kappa shape index (κ2) is 8.68. The SMILES string of the molecule is CC(C)c1cc(C(C)(C)C)nc(C2(C)CC2CC(C)c2nc(C(C)(C)C)cc(C(C)(C)C)n2)n1. The highest BCUT2D eigenvalue weighted by atomic mass is 15.0. The van der Waals surface area contributed by atoms with Crippen LogP contribution < -0.4 is 0 Å². The van der Waals surface area contributed by atoms with Gasteiger partial charge in [0, 0.05) is 50.4 Å². The van der Waals surface area contributed by atoms with Crippen LogP contribution in [0.2, 0.25) is 0 Å². The molecule has 2 aromatic heterocycles. The average molecular weight is 465 g/mol. The van der Waals surface area contributed by atoms with Crippen molar-refractivity contribution < 1.29 is 0 Å². The van der Waals surface area contributed by atoms with E-state index in [0.717, 1.165) is 47.3 Å². The Kier molecular flexibility index (Phi) is 6.83. The fourth-order valence-corrected chi connectivity index (χ4v) is 4.46. The van der Waals surface area contributed by atoms with Crippen LogP contribution in [-0.2, 0) is 21.7 Å². The second-order valence-electron chi connectivity index (χ2n) is 14.4. The van der Waals surface area contributed by atoms with Crippen LogP contribution in [0.5, 0.6) is 0 Å². The molecule has 188 valence electrons. The highest BCUT2D eigenvalue weighted by molar-refractivity contribution is 5.29. The Morgan fingerprint density at radius 1 is 0.765 bits per heavy atom. The minimum Gasteiger partial charge on any atom is -0.237 e. The van der Waals surface area contributed by atoms with Gasteiger partial charge in [-0.2, -0.15) is 0 Å². The van der Waals surface area contributed by atoms with E-state index in [1.54, 1.807) is 0 Å². The lowest BCUT2D eigenvalue weighted by Crippen LogP contribution is -2.23. The molecule has 0 aliphatic heterocycles. The van der Waals surface area contributed by atoms with Gasteiger partial charge in [-0.3, -0.25) is 0 Å². The van der Waals surface area contributed by atoms with Crippen molar-refractivity contribution in [3.05, 3.63) is 46.6 Å². The van der Waals surface area contributed by atoms with Crippen molar-refractivity contribution in [1.82, 2.24) is 19.9 Å². The van der Waals surface area contributed by atoms with E-state index in [1.807, 2.05) is 0 Å². The topological polar surface area (TPSA) is 51.6 Å². The van der Waals surface area contributed by atoms with Crippen molar-refractivity contribution in [3.8, 4) is 0 Å². The van der Waals surface area contributed by atoms with E-state index in [0.29, 0.717) is 17.8 Å². The molecule has 4 nitrogen and oxygen atoms in total. The summed E-state index contributed by atoms with van der Waals surface area (Å²) < 4.78 is 0. The molecule has 1 fully saturated rings. The minimum atomic E-state index is -0.0000125. The van der Waals surface area contributed by atoms with Crippen molar-refractivity contribution >= 4 is 0 Å². The third-order valence-electron chi connectivity index (χ3n) is 7.39. The molecule has 0 spiro atoms. The van der Waals surface area contributed by atoms with Gasteiger partial charge in [-0.1, -0.05) is 90.0 Å². The zero-order valence-corrected chi connectivity index (χ0v) is 24.1. The van der Waals surface area contributed by atoms with Crippen LogP contribution in [0.15, 0.2) is 12.1 Å². The van der Waals surface area contributed by atoms with Crippen LogP contribution in [0.4, 0.5) is 0 Å². The third-order valence-corrected chi connectivity index (χ3v) is 7.39. The van der Waals surface area contributed by atoms with Crippen LogP contribution in [0, 0.1) is 5.92 Å². The van der Waals surface area contributed by atoms with E-state index >= 15 is 0 Å². The van der Waals surface area contributed by atoms with Crippen LogP contribution in [-0.4, -0.2) is 19.9 Å². The minimum absolute atomic E-state index is 0.0000125. The smallest absolute Gasteiger partial charge is 0.135 e. The standard InChI is InChI=1S/C30H48N4/c1-18(2)21-15-22(27(4,5)6)34-26(31-21)30(13)17-20(30)14-19(3)25-32-23(28(7,8)9)16-24(33-25)29(10,11)12/h15-16,18-20H,14,17H2,1-13H3. The Hall–Kier alpha value is -1.84. The molecule has 0 radical (unpaired) electrons. The van der Waals surface area contributed by atoms with Gasteiger partial charge in [-0.25, -0.2) is 19.9 Å². The van der Waals surface area contributed by atoms with Gasteiger partial charge in [0.1, 0.15) is 11.6 Å². The first-order valence-electron chi connectivity index (χ1n) is 13.1. The first-order valence-corrected chi connectivity index (χ1v) is 13.1. The predicted octanol–water partition coefficient (Wildman–Crippen LogP) is 7.75. The van der Waals surface area contributed by atoms with Crippen molar-refractivity contribution in [2.45, 2.75) is 136 Å². The zero-order valence-electron chi connectivity index (χ0n) is 24.1. The van der Waals surface area contributed by atoms with E-state index in [1.165, 1.54) is 0 Å². The van der Waals surface area contributed by atoms with Crippen LogP contribution in [0.3, 0.4) is 0 Å². The predicted molar refractivity (Wildman–Crippen MR) is 143 cm³/mol. The molecule has 3 unspecified atom stereocenters. The van der Waals surface area contributed by atoms with Gasteiger partial charge in [-0.15, -0.1) is 0 Å². The Labute approximate surface area is 208 Å². The number of hydrogen-bond acceptors (Lipinski definition) is 4. The molecule has 1 saturated carbocycles. The summed E-state index contributed by atoms with van der Waals surface area (Å²) >= 11 is 0. The second-order valence-corrected chi connectivity index (χ2v) is 14.4. The molecule has 2 aromatic rings. The summed E-state index contributed by atoms with van der Waals surface area (Å²) in [5, 5.41) is 0. The summed E-state index contributed by atoms with van der Waals surface area (Å²) in [4.78, 5) is 20.3. The van der Waals surface area contributed by atoms with Gasteiger partial charge in [0.2, 0.25) is 0 Å². The van der Waals surface area contributed by atoms with Gasteiger partial charge >= 0.3 is 0 Å². The summed E-state index contributed by atoms with van der Waals surface area (Å²) in [7, 11) is 0. The van der Waals surface area contributed by atoms with E-state index in [2.05, 4.69) is 102 Å². The normalized spacial score (nSPS) is 22.2. The summed E-state index contributed by atoms with van der Waals surface area (Å²) in [6.45, 7) is 29.2. The van der Waals surface area contributed by atoms with E-state index in [4.69, 9.17) is 19.9 Å². The summed E-state index contributed by atoms with van der Waals surface area (Å²) in [6, 6.07) is 4.41. The maximum atomic E-state index is 5.10. The molecule has 0 N–H and O–H groups in total. The summed E-state index contributed by atoms with van der Waals surface area (Å²) in [6.07, 6.45) is 2.20. The molecule has 2 heterocycles. The van der Waals surface area contributed by atoms with Gasteiger partial charge in [0.15, 0.2) is 0 Å². The van der Waals surface area contributed by atoms with Crippen molar-refractivity contribution in [3.63, 3.8) is 0 Å². The molecule has 34 heavy (non-hydrogen) atoms. The summed E-state index contributed by atoms with van der Waals surface area (Å²) in [5.41, 5.74) is 4.63. The molecule has 4 heteroatoms. The lowest BCUT2D eigenvalue weighted by Gasteiger charge is -2.25. The summed E-state index contributed by atoms with van der Waals surface area (Å²) in [5.74, 6) is 3.26. The van der Waals surface area contributed by atoms with E-state index in [9.17, 15) is 0 Å². The molecule has 0 saturated heterocycles. The lowest BCUT2D eigenvalue weighted by molar-refractivity contribution is 0.488. The Bertz CT molecular complexity index is 1000. The number of rotatable bonds is 5. The molecule has 3 atom stereocenters. The maximum Gasteiger partial charge on any atom is 0.135 e. The van der Waals surface area contributed by atoms with Crippen LogP contribution >= 0.6 is 0 Å². The average Bonchev–Trinajstić information content (AvgIpc) is 3.35. The first kappa shape index (κ1) is 26.8. The number of nitrogens with zero attached hydrogens (tertiary/aromatic N) is 4. The highest BCUT2D eigenvalue weighted by Gasteiger charge is 2.54. The number of hydrogen-bond donors (Lipinski definition) is 0. The van der Waals surface area contributed by atoms with Gasteiger partial charge in [0.05, 0.1) is 0 Å². The van der Waals surface area contributed by atoms with Crippen molar-refractivity contribution in [1.29, 1.82) is 0 Å². The molecule has 1 aliphatic carbocycles. The molecule has 3 rings (SSSR count). The molecule has 0 bridgehead atoms. The fourth-order valence-electron chi connectivity index (χ4n) is 4.46. The molecule has 0 amide bonds. The quantitative estimate of drug-likeness (QED) is 0.454. The zero-order chi connectivity index (χ0) is 25.9. The van der Waals surface area contributed by atoms with Gasteiger partial charge in [-0.05, 0) is 36.8 Å². The van der Waals surface area contributed by atoms with E-state index < -0.39 is 0 Å². The van der Waals surface area contributed by atoms with Crippen LogP contribution in [0.25, 0.3) is 0 Å². The largest absolute Gasteiger partial charge is 0.237 e.